The molecule has 7 heteroatoms. The van der Waals surface area contributed by atoms with E-state index in [4.69, 9.17) is 9.97 Å². The number of nitrogens with one attached hydrogen (secondary N) is 1. The minimum absolute atomic E-state index is 0.179. The van der Waals surface area contributed by atoms with Crippen LogP contribution in [0.3, 0.4) is 0 Å². The van der Waals surface area contributed by atoms with Gasteiger partial charge in [0.05, 0.1) is 17.8 Å². The summed E-state index contributed by atoms with van der Waals surface area (Å²) in [5.41, 5.74) is 4.77. The highest BCUT2D eigenvalue weighted by Crippen LogP contribution is 2.35. The molecule has 1 amide bonds. The number of amides is 1. The number of fused-ring (bicyclic) bond motifs is 3. The number of rotatable bonds is 5. The Hall–Kier alpha value is -3.17. The summed E-state index contributed by atoms with van der Waals surface area (Å²) < 4.78 is 14.9. The predicted octanol–water partition coefficient (Wildman–Crippen LogP) is 5.25. The second kappa shape index (κ2) is 9.60. The lowest BCUT2D eigenvalue weighted by Crippen LogP contribution is -2.21. The molecule has 170 valence electrons. The van der Waals surface area contributed by atoms with Crippen LogP contribution in [-0.2, 0) is 24.1 Å². The van der Waals surface area contributed by atoms with Gasteiger partial charge in [0.25, 0.3) is 0 Å². The van der Waals surface area contributed by atoms with Gasteiger partial charge in [0.1, 0.15) is 17.6 Å². The third kappa shape index (κ3) is 4.71. The fraction of sp³-hybridized carbons (Fsp3) is 0.148. The molecule has 5 rings (SSSR count). The van der Waals surface area contributed by atoms with Crippen LogP contribution in [0.15, 0.2) is 72.8 Å². The summed E-state index contributed by atoms with van der Waals surface area (Å²) in [7, 11) is 0. The zero-order valence-corrected chi connectivity index (χ0v) is 20.3. The highest BCUT2D eigenvalue weighted by molar-refractivity contribution is 14.1. The molecule has 3 aromatic carbocycles. The van der Waals surface area contributed by atoms with Gasteiger partial charge < -0.3 is 10.4 Å². The van der Waals surface area contributed by atoms with Gasteiger partial charge in [-0.3, -0.25) is 4.79 Å². The maximum atomic E-state index is 13.8. The van der Waals surface area contributed by atoms with Crippen LogP contribution in [0.4, 0.5) is 10.2 Å². The molecule has 1 aliphatic carbocycles. The molecular weight excluding hydrogens is 544 g/mol. The molecule has 0 spiro atoms. The van der Waals surface area contributed by atoms with Crippen molar-refractivity contribution >= 4 is 34.3 Å². The standard InChI is InChI=1S/C27H21FIN3O2/c28-19-9-12-21-18(15-19)8-13-22-24(21)32-25(26(34)17-4-2-1-3-5-17)27(30-22)31-23(33)14-16-6-10-20(29)11-7-16/h1-7,9-12,15,26,34H,8,13-14H2,(H,30,31,33). The van der Waals surface area contributed by atoms with E-state index in [1.165, 1.54) is 12.1 Å². The van der Waals surface area contributed by atoms with Crippen LogP contribution in [0.25, 0.3) is 11.3 Å². The Labute approximate surface area is 210 Å². The molecule has 1 heterocycles. The third-order valence-electron chi connectivity index (χ3n) is 5.86. The Morgan fingerprint density at radius 2 is 1.79 bits per heavy atom. The number of aromatic nitrogens is 2. The Bertz CT molecular complexity index is 1360. The number of aliphatic hydroxyl groups excluding tert-OH is 1. The first kappa shape index (κ1) is 22.6. The predicted molar refractivity (Wildman–Crippen MR) is 137 cm³/mol. The number of hydrogen-bond donors (Lipinski definition) is 2. The van der Waals surface area contributed by atoms with Crippen molar-refractivity contribution in [1.82, 2.24) is 9.97 Å². The van der Waals surface area contributed by atoms with Crippen molar-refractivity contribution in [2.24, 2.45) is 0 Å². The van der Waals surface area contributed by atoms with Crippen LogP contribution < -0.4 is 5.32 Å². The smallest absolute Gasteiger partial charge is 0.229 e. The van der Waals surface area contributed by atoms with Crippen molar-refractivity contribution in [2.75, 3.05) is 5.32 Å². The summed E-state index contributed by atoms with van der Waals surface area (Å²) in [4.78, 5) is 22.4. The summed E-state index contributed by atoms with van der Waals surface area (Å²) in [6.45, 7) is 0. The molecule has 1 unspecified atom stereocenters. The van der Waals surface area contributed by atoms with Crippen LogP contribution in [-0.4, -0.2) is 21.0 Å². The maximum absolute atomic E-state index is 13.8. The fourth-order valence-electron chi connectivity index (χ4n) is 4.17. The number of anilines is 1. The molecule has 5 nitrogen and oxygen atoms in total. The van der Waals surface area contributed by atoms with E-state index in [0.29, 0.717) is 29.8 Å². The molecule has 1 aliphatic rings. The highest BCUT2D eigenvalue weighted by atomic mass is 127. The van der Waals surface area contributed by atoms with Crippen molar-refractivity contribution in [3.63, 3.8) is 0 Å². The summed E-state index contributed by atoms with van der Waals surface area (Å²) in [5.74, 6) is -0.286. The summed E-state index contributed by atoms with van der Waals surface area (Å²) in [5, 5.41) is 14.1. The van der Waals surface area contributed by atoms with E-state index in [0.717, 1.165) is 20.3 Å². The zero-order chi connectivity index (χ0) is 23.7. The Kier molecular flexibility index (Phi) is 6.38. The lowest BCUT2D eigenvalue weighted by atomic mass is 9.91. The topological polar surface area (TPSA) is 75.1 Å². The molecule has 0 bridgehead atoms. The number of aryl methyl sites for hydroxylation is 2. The molecule has 0 aliphatic heterocycles. The van der Waals surface area contributed by atoms with Gasteiger partial charge in [-0.05, 0) is 82.5 Å². The van der Waals surface area contributed by atoms with Crippen molar-refractivity contribution in [3.05, 3.63) is 110 Å². The van der Waals surface area contributed by atoms with E-state index >= 15 is 0 Å². The van der Waals surface area contributed by atoms with Gasteiger partial charge in [-0.1, -0.05) is 42.5 Å². The minimum atomic E-state index is -1.08. The average Bonchev–Trinajstić information content (AvgIpc) is 2.85. The minimum Gasteiger partial charge on any atom is -0.382 e. The Morgan fingerprint density at radius 1 is 1.03 bits per heavy atom. The van der Waals surface area contributed by atoms with Crippen LogP contribution in [0, 0.1) is 9.39 Å². The number of halogens is 2. The Balaban J connectivity index is 1.54. The second-order valence-corrected chi connectivity index (χ2v) is 9.46. The number of carbonyl (C=O) groups is 1. The first-order valence-corrected chi connectivity index (χ1v) is 12.0. The second-order valence-electron chi connectivity index (χ2n) is 8.22. The molecule has 0 saturated carbocycles. The van der Waals surface area contributed by atoms with E-state index in [2.05, 4.69) is 27.9 Å². The van der Waals surface area contributed by atoms with E-state index < -0.39 is 6.10 Å². The SMILES string of the molecule is O=C(Cc1ccc(I)cc1)Nc1nc2c(nc1C(O)c1ccccc1)-c1ccc(F)cc1CC2. The molecule has 4 aromatic rings. The van der Waals surface area contributed by atoms with E-state index in [1.807, 2.05) is 42.5 Å². The summed E-state index contributed by atoms with van der Waals surface area (Å²) in [6.07, 6.45) is 0.295. The van der Waals surface area contributed by atoms with Crippen LogP contribution >= 0.6 is 22.6 Å². The van der Waals surface area contributed by atoms with Crippen molar-refractivity contribution in [2.45, 2.75) is 25.4 Å². The number of hydrogen-bond acceptors (Lipinski definition) is 4. The van der Waals surface area contributed by atoms with Gasteiger partial charge in [-0.15, -0.1) is 0 Å². The number of nitrogens with zero attached hydrogens (tertiary/aromatic N) is 2. The first-order valence-electron chi connectivity index (χ1n) is 10.9. The molecular formula is C27H21FIN3O2. The Morgan fingerprint density at radius 3 is 2.56 bits per heavy atom. The molecule has 0 fully saturated rings. The third-order valence-corrected chi connectivity index (χ3v) is 6.58. The molecule has 34 heavy (non-hydrogen) atoms. The lowest BCUT2D eigenvalue weighted by molar-refractivity contribution is -0.115. The maximum Gasteiger partial charge on any atom is 0.229 e. The quantitative estimate of drug-likeness (QED) is 0.325. The van der Waals surface area contributed by atoms with Crippen molar-refractivity contribution in [3.8, 4) is 11.3 Å². The van der Waals surface area contributed by atoms with Gasteiger partial charge in [0, 0.05) is 9.13 Å². The molecule has 1 aromatic heterocycles. The number of carbonyl (C=O) groups excluding carboxylic acids is 1. The van der Waals surface area contributed by atoms with Crippen molar-refractivity contribution in [1.29, 1.82) is 0 Å². The summed E-state index contributed by atoms with van der Waals surface area (Å²) in [6, 6.07) is 21.5. The largest absolute Gasteiger partial charge is 0.382 e. The van der Waals surface area contributed by atoms with Gasteiger partial charge >= 0.3 is 0 Å². The van der Waals surface area contributed by atoms with Crippen LogP contribution in [0.1, 0.15) is 34.2 Å². The first-order chi connectivity index (χ1) is 16.5. The molecule has 2 N–H and O–H groups in total. The van der Waals surface area contributed by atoms with Crippen LogP contribution in [0.2, 0.25) is 0 Å². The lowest BCUT2D eigenvalue weighted by Gasteiger charge is -2.22. The molecule has 0 saturated heterocycles. The number of benzene rings is 3. The number of aliphatic hydroxyl groups is 1. The monoisotopic (exact) mass is 565 g/mol. The van der Waals surface area contributed by atoms with Gasteiger partial charge in [-0.25, -0.2) is 14.4 Å². The van der Waals surface area contributed by atoms with Gasteiger partial charge in [0.2, 0.25) is 5.91 Å². The average molecular weight is 565 g/mol. The fourth-order valence-corrected chi connectivity index (χ4v) is 4.53. The highest BCUT2D eigenvalue weighted by Gasteiger charge is 2.26. The van der Waals surface area contributed by atoms with Gasteiger partial charge in [-0.2, -0.15) is 0 Å². The normalized spacial score (nSPS) is 13.0. The molecule has 0 radical (unpaired) electrons. The van der Waals surface area contributed by atoms with Gasteiger partial charge in [0.15, 0.2) is 5.82 Å². The van der Waals surface area contributed by atoms with Crippen molar-refractivity contribution < 1.29 is 14.3 Å². The van der Waals surface area contributed by atoms with E-state index in [9.17, 15) is 14.3 Å². The van der Waals surface area contributed by atoms with E-state index in [1.54, 1.807) is 18.2 Å². The zero-order valence-electron chi connectivity index (χ0n) is 18.1. The molecule has 1 atom stereocenters. The summed E-state index contributed by atoms with van der Waals surface area (Å²) >= 11 is 2.22. The van der Waals surface area contributed by atoms with Crippen LogP contribution in [0.5, 0.6) is 0 Å². The van der Waals surface area contributed by atoms with E-state index in [-0.39, 0.29) is 29.7 Å².